The molecule has 0 aromatic heterocycles. The van der Waals surface area contributed by atoms with Gasteiger partial charge in [-0.15, -0.1) is 0 Å². The molecule has 2 rings (SSSR count). The van der Waals surface area contributed by atoms with E-state index >= 15 is 0 Å². The number of sulfonamides is 1. The van der Waals surface area contributed by atoms with Gasteiger partial charge in [0.05, 0.1) is 11.5 Å². The highest BCUT2D eigenvalue weighted by Crippen LogP contribution is 2.30. The van der Waals surface area contributed by atoms with Crippen molar-refractivity contribution in [1.82, 2.24) is 4.31 Å². The smallest absolute Gasteiger partial charge is 0.243 e. The first kappa shape index (κ1) is 16.3. The van der Waals surface area contributed by atoms with Crippen molar-refractivity contribution in [3.63, 3.8) is 0 Å². The molecule has 21 heavy (non-hydrogen) atoms. The lowest BCUT2D eigenvalue weighted by molar-refractivity contribution is 0.249. The van der Waals surface area contributed by atoms with E-state index in [9.17, 15) is 8.42 Å². The maximum Gasteiger partial charge on any atom is 0.243 e. The molecule has 0 aliphatic heterocycles. The fraction of sp³-hybridized carbons (Fsp3) is 0.600. The van der Waals surface area contributed by atoms with Gasteiger partial charge < -0.3 is 10.5 Å². The molecule has 1 aromatic carbocycles. The normalized spacial score (nSPS) is 16.0. The highest BCUT2D eigenvalue weighted by Gasteiger charge is 2.32. The molecule has 6 heteroatoms. The summed E-state index contributed by atoms with van der Waals surface area (Å²) < 4.78 is 32.3. The maximum absolute atomic E-state index is 12.6. The van der Waals surface area contributed by atoms with Crippen LogP contribution >= 0.6 is 0 Å². The predicted octanol–water partition coefficient (Wildman–Crippen LogP) is 2.11. The van der Waals surface area contributed by atoms with Crippen LogP contribution in [-0.4, -0.2) is 32.4 Å². The molecule has 0 heterocycles. The van der Waals surface area contributed by atoms with Crippen LogP contribution in [0, 0.1) is 0 Å². The number of ether oxygens (including phenoxy) is 1. The topological polar surface area (TPSA) is 72.6 Å². The molecule has 0 bridgehead atoms. The lowest BCUT2D eigenvalue weighted by Gasteiger charge is -2.33. The van der Waals surface area contributed by atoms with Gasteiger partial charge in [0.1, 0.15) is 5.75 Å². The SMILES string of the molecule is CCCOc1ccc(S(=O)(=O)N(C)C2CCC2)cc1CN. The van der Waals surface area contributed by atoms with Gasteiger partial charge in [0.2, 0.25) is 10.0 Å². The van der Waals surface area contributed by atoms with Gasteiger partial charge in [-0.1, -0.05) is 13.3 Å². The van der Waals surface area contributed by atoms with E-state index in [1.165, 1.54) is 4.31 Å². The first-order valence-electron chi connectivity index (χ1n) is 7.44. The molecule has 2 N–H and O–H groups in total. The third-order valence-electron chi connectivity index (χ3n) is 3.98. The number of benzene rings is 1. The van der Waals surface area contributed by atoms with Crippen LogP contribution in [0.15, 0.2) is 23.1 Å². The zero-order valence-electron chi connectivity index (χ0n) is 12.7. The van der Waals surface area contributed by atoms with Crippen molar-refractivity contribution in [2.24, 2.45) is 5.73 Å². The van der Waals surface area contributed by atoms with Crippen LogP contribution in [0.1, 0.15) is 38.2 Å². The molecule has 0 spiro atoms. The predicted molar refractivity (Wildman–Crippen MR) is 82.7 cm³/mol. The van der Waals surface area contributed by atoms with Crippen molar-refractivity contribution in [2.45, 2.75) is 50.1 Å². The molecule has 0 unspecified atom stereocenters. The minimum Gasteiger partial charge on any atom is -0.493 e. The minimum absolute atomic E-state index is 0.132. The molecule has 1 aromatic rings. The molecule has 0 saturated heterocycles. The van der Waals surface area contributed by atoms with Gasteiger partial charge in [-0.3, -0.25) is 0 Å². The van der Waals surface area contributed by atoms with E-state index in [-0.39, 0.29) is 12.6 Å². The Morgan fingerprint density at radius 2 is 2.10 bits per heavy atom. The average molecular weight is 312 g/mol. The van der Waals surface area contributed by atoms with Crippen LogP contribution in [-0.2, 0) is 16.6 Å². The molecule has 1 saturated carbocycles. The van der Waals surface area contributed by atoms with Gasteiger partial charge in [-0.2, -0.15) is 4.31 Å². The summed E-state index contributed by atoms with van der Waals surface area (Å²) in [4.78, 5) is 0.293. The average Bonchev–Trinajstić information content (AvgIpc) is 2.42. The number of hydrogen-bond donors (Lipinski definition) is 1. The molecule has 0 amide bonds. The molecule has 118 valence electrons. The fourth-order valence-corrected chi connectivity index (χ4v) is 3.81. The van der Waals surface area contributed by atoms with Crippen LogP contribution in [0.2, 0.25) is 0 Å². The Balaban J connectivity index is 2.26. The summed E-state index contributed by atoms with van der Waals surface area (Å²) in [5, 5.41) is 0. The Morgan fingerprint density at radius 3 is 2.62 bits per heavy atom. The Kier molecular flexibility index (Phi) is 5.24. The first-order valence-corrected chi connectivity index (χ1v) is 8.88. The molecule has 5 nitrogen and oxygen atoms in total. The van der Waals surface area contributed by atoms with E-state index in [2.05, 4.69) is 0 Å². The first-order chi connectivity index (χ1) is 10.0. The van der Waals surface area contributed by atoms with Gasteiger partial charge in [0.25, 0.3) is 0 Å². The fourth-order valence-electron chi connectivity index (χ4n) is 2.34. The van der Waals surface area contributed by atoms with Crippen molar-refractivity contribution in [3.05, 3.63) is 23.8 Å². The van der Waals surface area contributed by atoms with Gasteiger partial charge >= 0.3 is 0 Å². The van der Waals surface area contributed by atoms with Crippen molar-refractivity contribution < 1.29 is 13.2 Å². The van der Waals surface area contributed by atoms with Crippen LogP contribution in [0.3, 0.4) is 0 Å². The summed E-state index contributed by atoms with van der Waals surface area (Å²) in [6.45, 7) is 2.88. The molecular formula is C15H24N2O3S. The Morgan fingerprint density at radius 1 is 1.38 bits per heavy atom. The second kappa shape index (κ2) is 6.77. The number of nitrogens with zero attached hydrogens (tertiary/aromatic N) is 1. The van der Waals surface area contributed by atoms with Gasteiger partial charge in [0, 0.05) is 25.2 Å². The highest BCUT2D eigenvalue weighted by atomic mass is 32.2. The van der Waals surface area contributed by atoms with E-state index in [4.69, 9.17) is 10.5 Å². The summed E-state index contributed by atoms with van der Waals surface area (Å²) in [6, 6.07) is 5.08. The third kappa shape index (κ3) is 3.39. The standard InChI is InChI=1S/C15H24N2O3S/c1-3-9-20-15-8-7-14(10-12(15)11-16)21(18,19)17(2)13-5-4-6-13/h7-8,10,13H,3-6,9,11,16H2,1-2H3. The van der Waals surface area contributed by atoms with Crippen LogP contribution < -0.4 is 10.5 Å². The number of hydrogen-bond acceptors (Lipinski definition) is 4. The van der Waals surface area contributed by atoms with E-state index in [0.29, 0.717) is 17.3 Å². The number of rotatable bonds is 7. The van der Waals surface area contributed by atoms with E-state index in [0.717, 1.165) is 31.2 Å². The van der Waals surface area contributed by atoms with Crippen LogP contribution in [0.4, 0.5) is 0 Å². The Bertz CT molecular complexity index is 583. The quantitative estimate of drug-likeness (QED) is 0.837. The minimum atomic E-state index is -3.45. The van der Waals surface area contributed by atoms with Crippen LogP contribution in [0.25, 0.3) is 0 Å². The molecule has 0 atom stereocenters. The van der Waals surface area contributed by atoms with Crippen molar-refractivity contribution in [2.75, 3.05) is 13.7 Å². The van der Waals surface area contributed by atoms with E-state index in [1.54, 1.807) is 25.2 Å². The zero-order valence-corrected chi connectivity index (χ0v) is 13.5. The van der Waals surface area contributed by atoms with Crippen LogP contribution in [0.5, 0.6) is 5.75 Å². The summed E-state index contributed by atoms with van der Waals surface area (Å²) in [5.74, 6) is 0.671. The Labute approximate surface area is 127 Å². The summed E-state index contributed by atoms with van der Waals surface area (Å²) in [6.07, 6.45) is 3.88. The summed E-state index contributed by atoms with van der Waals surface area (Å²) in [7, 11) is -1.79. The Hall–Kier alpha value is -1.11. The van der Waals surface area contributed by atoms with Crippen molar-refractivity contribution in [3.8, 4) is 5.75 Å². The highest BCUT2D eigenvalue weighted by molar-refractivity contribution is 7.89. The number of nitrogens with two attached hydrogens (primary N) is 1. The monoisotopic (exact) mass is 312 g/mol. The molecule has 1 aliphatic rings. The zero-order chi connectivity index (χ0) is 15.5. The molecule has 1 aliphatic carbocycles. The second-order valence-electron chi connectivity index (χ2n) is 5.43. The molecule has 1 fully saturated rings. The largest absolute Gasteiger partial charge is 0.493 e. The third-order valence-corrected chi connectivity index (χ3v) is 5.89. The van der Waals surface area contributed by atoms with Gasteiger partial charge in [-0.25, -0.2) is 8.42 Å². The molecular weight excluding hydrogens is 288 g/mol. The molecule has 0 radical (unpaired) electrons. The van der Waals surface area contributed by atoms with Crippen molar-refractivity contribution >= 4 is 10.0 Å². The van der Waals surface area contributed by atoms with Crippen molar-refractivity contribution in [1.29, 1.82) is 0 Å². The second-order valence-corrected chi connectivity index (χ2v) is 7.43. The summed E-state index contributed by atoms with van der Waals surface area (Å²) in [5.41, 5.74) is 6.45. The van der Waals surface area contributed by atoms with Gasteiger partial charge in [0.15, 0.2) is 0 Å². The van der Waals surface area contributed by atoms with E-state index in [1.807, 2.05) is 6.92 Å². The lowest BCUT2D eigenvalue weighted by Crippen LogP contribution is -2.41. The maximum atomic E-state index is 12.6. The lowest BCUT2D eigenvalue weighted by atomic mass is 9.94. The summed E-state index contributed by atoms with van der Waals surface area (Å²) >= 11 is 0. The van der Waals surface area contributed by atoms with Gasteiger partial charge in [-0.05, 0) is 37.5 Å². The van der Waals surface area contributed by atoms with E-state index < -0.39 is 10.0 Å².